The molecule has 132 valence electrons. The molecule has 0 saturated heterocycles. The number of amides is 1. The minimum atomic E-state index is -1.07. The van der Waals surface area contributed by atoms with E-state index in [2.05, 4.69) is 10.3 Å². The molecule has 0 aliphatic rings. The van der Waals surface area contributed by atoms with Crippen molar-refractivity contribution in [3.05, 3.63) is 70.2 Å². The van der Waals surface area contributed by atoms with Crippen molar-refractivity contribution in [2.45, 2.75) is 6.92 Å². The fourth-order valence-corrected chi connectivity index (χ4v) is 3.31. The predicted molar refractivity (Wildman–Crippen MR) is 93.6 cm³/mol. The van der Waals surface area contributed by atoms with E-state index in [0.717, 1.165) is 23.5 Å². The molecule has 2 N–H and O–H groups in total. The van der Waals surface area contributed by atoms with E-state index in [1.165, 1.54) is 30.3 Å². The van der Waals surface area contributed by atoms with Crippen LogP contribution in [0.4, 0.5) is 14.5 Å². The van der Waals surface area contributed by atoms with Gasteiger partial charge in [0.15, 0.2) is 0 Å². The molecule has 3 aromatic rings. The Morgan fingerprint density at radius 1 is 1.08 bits per heavy atom. The molecule has 0 aliphatic carbocycles. The van der Waals surface area contributed by atoms with Crippen molar-refractivity contribution in [2.24, 2.45) is 0 Å². The summed E-state index contributed by atoms with van der Waals surface area (Å²) in [5, 5.41) is 11.6. The van der Waals surface area contributed by atoms with Gasteiger partial charge in [-0.05, 0) is 43.3 Å². The quantitative estimate of drug-likeness (QED) is 0.712. The zero-order chi connectivity index (χ0) is 18.8. The molecule has 0 saturated carbocycles. The van der Waals surface area contributed by atoms with Gasteiger partial charge >= 0.3 is 5.97 Å². The molecule has 0 spiro atoms. The van der Waals surface area contributed by atoms with Crippen molar-refractivity contribution in [1.29, 1.82) is 0 Å². The second-order valence-electron chi connectivity index (χ2n) is 5.37. The Kier molecular flexibility index (Phi) is 4.77. The number of anilines is 1. The topological polar surface area (TPSA) is 79.3 Å². The van der Waals surface area contributed by atoms with Gasteiger partial charge in [0.05, 0.1) is 16.8 Å². The van der Waals surface area contributed by atoms with Gasteiger partial charge < -0.3 is 10.4 Å². The summed E-state index contributed by atoms with van der Waals surface area (Å²) in [6.07, 6.45) is 0. The van der Waals surface area contributed by atoms with Crippen LogP contribution in [0.2, 0.25) is 0 Å². The molecule has 1 amide bonds. The van der Waals surface area contributed by atoms with Crippen LogP contribution in [0.1, 0.15) is 25.7 Å². The number of carbonyl (C=O) groups is 2. The number of hydrogen-bond donors (Lipinski definition) is 2. The molecule has 3 rings (SSSR count). The number of carboxylic acid groups (broad SMARTS) is 1. The molecular formula is C18H12F2N2O3S. The highest BCUT2D eigenvalue weighted by Crippen LogP contribution is 2.32. The van der Waals surface area contributed by atoms with E-state index in [1.807, 2.05) is 0 Å². The van der Waals surface area contributed by atoms with Crippen LogP contribution >= 0.6 is 11.3 Å². The average molecular weight is 374 g/mol. The highest BCUT2D eigenvalue weighted by Gasteiger charge is 2.20. The smallest absolute Gasteiger partial charge is 0.335 e. The number of rotatable bonds is 4. The van der Waals surface area contributed by atoms with E-state index in [1.54, 1.807) is 6.92 Å². The second kappa shape index (κ2) is 7.01. The maximum atomic E-state index is 13.9. The summed E-state index contributed by atoms with van der Waals surface area (Å²) in [6, 6.07) is 9.13. The van der Waals surface area contributed by atoms with Crippen LogP contribution in [0.5, 0.6) is 0 Å². The third-order valence-corrected chi connectivity index (χ3v) is 4.74. The van der Waals surface area contributed by atoms with Crippen LogP contribution in [0.3, 0.4) is 0 Å². The number of hydrogen-bond acceptors (Lipinski definition) is 4. The van der Waals surface area contributed by atoms with Crippen LogP contribution in [0.25, 0.3) is 10.6 Å². The average Bonchev–Trinajstić information content (AvgIpc) is 2.96. The summed E-state index contributed by atoms with van der Waals surface area (Å²) in [5.74, 6) is -3.08. The molecule has 0 aliphatic heterocycles. The van der Waals surface area contributed by atoms with Gasteiger partial charge in [0, 0.05) is 5.69 Å². The highest BCUT2D eigenvalue weighted by atomic mass is 32.1. The molecule has 2 aromatic carbocycles. The molecule has 0 unspecified atom stereocenters. The number of nitrogens with one attached hydrogen (secondary N) is 1. The van der Waals surface area contributed by atoms with Crippen LogP contribution in [0.15, 0.2) is 42.5 Å². The molecule has 0 radical (unpaired) electrons. The monoisotopic (exact) mass is 374 g/mol. The number of thiazole rings is 1. The summed E-state index contributed by atoms with van der Waals surface area (Å²) in [5.41, 5.74) is 0.554. The summed E-state index contributed by atoms with van der Waals surface area (Å²) in [6.45, 7) is 1.57. The predicted octanol–water partition coefficient (Wildman–Crippen LogP) is 4.35. The van der Waals surface area contributed by atoms with Gasteiger partial charge in [0.25, 0.3) is 5.91 Å². The van der Waals surface area contributed by atoms with E-state index in [0.29, 0.717) is 11.4 Å². The van der Waals surface area contributed by atoms with Crippen LogP contribution in [-0.4, -0.2) is 22.0 Å². The van der Waals surface area contributed by atoms with Gasteiger partial charge in [-0.2, -0.15) is 0 Å². The lowest BCUT2D eigenvalue weighted by Crippen LogP contribution is -2.11. The minimum absolute atomic E-state index is 0.0736. The Hall–Kier alpha value is -3.13. The van der Waals surface area contributed by atoms with E-state index in [4.69, 9.17) is 5.11 Å². The maximum Gasteiger partial charge on any atom is 0.335 e. The molecule has 8 heteroatoms. The molecular weight excluding hydrogens is 362 g/mol. The van der Waals surface area contributed by atoms with Gasteiger partial charge in [-0.15, -0.1) is 11.3 Å². The Morgan fingerprint density at radius 3 is 2.27 bits per heavy atom. The molecule has 1 heterocycles. The van der Waals surface area contributed by atoms with Gasteiger partial charge in [-0.25, -0.2) is 18.6 Å². The normalized spacial score (nSPS) is 10.6. The highest BCUT2D eigenvalue weighted by molar-refractivity contribution is 7.17. The second-order valence-corrected chi connectivity index (χ2v) is 6.37. The van der Waals surface area contributed by atoms with Crippen molar-refractivity contribution in [3.8, 4) is 10.6 Å². The fraction of sp³-hybridized carbons (Fsp3) is 0.0556. The molecule has 26 heavy (non-hydrogen) atoms. The number of nitrogens with zero attached hydrogens (tertiary/aromatic N) is 1. The number of halogens is 2. The Bertz CT molecular complexity index is 980. The number of benzene rings is 2. The van der Waals surface area contributed by atoms with Gasteiger partial charge in [0.2, 0.25) is 0 Å². The van der Waals surface area contributed by atoms with Crippen molar-refractivity contribution in [1.82, 2.24) is 4.98 Å². The number of aromatic nitrogens is 1. The fourth-order valence-electron chi connectivity index (χ4n) is 2.30. The van der Waals surface area contributed by atoms with Crippen molar-refractivity contribution in [3.63, 3.8) is 0 Å². The number of aromatic carboxylic acids is 1. The van der Waals surface area contributed by atoms with E-state index >= 15 is 0 Å². The first-order valence-electron chi connectivity index (χ1n) is 7.43. The number of aryl methyl sites for hydroxylation is 1. The van der Waals surface area contributed by atoms with Crippen molar-refractivity contribution >= 4 is 28.9 Å². The minimum Gasteiger partial charge on any atom is -0.478 e. The van der Waals surface area contributed by atoms with Gasteiger partial charge in [-0.3, -0.25) is 4.79 Å². The first-order valence-corrected chi connectivity index (χ1v) is 8.25. The molecule has 1 aromatic heterocycles. The summed E-state index contributed by atoms with van der Waals surface area (Å²) in [7, 11) is 0. The standard InChI is InChI=1S/C18H12F2N2O3S/c1-9-15(16(23)22-11-7-5-10(6-8-11)18(24)25)26-17(21-9)14-12(19)3-2-4-13(14)20/h2-8H,1H3,(H,22,23)(H,24,25). The zero-order valence-corrected chi connectivity index (χ0v) is 14.2. The summed E-state index contributed by atoms with van der Waals surface area (Å²) < 4.78 is 27.8. The molecule has 0 atom stereocenters. The van der Waals surface area contributed by atoms with Gasteiger partial charge in [0.1, 0.15) is 21.5 Å². The first-order chi connectivity index (χ1) is 12.4. The third-order valence-electron chi connectivity index (χ3n) is 3.57. The number of carbonyl (C=O) groups excluding carboxylic acids is 1. The Balaban J connectivity index is 1.87. The van der Waals surface area contributed by atoms with Crippen molar-refractivity contribution < 1.29 is 23.5 Å². The summed E-state index contributed by atoms with van der Waals surface area (Å²) >= 11 is 0.879. The van der Waals surface area contributed by atoms with Gasteiger partial charge in [-0.1, -0.05) is 6.07 Å². The molecule has 5 nitrogen and oxygen atoms in total. The lowest BCUT2D eigenvalue weighted by Gasteiger charge is -2.04. The van der Waals surface area contributed by atoms with Crippen LogP contribution in [0, 0.1) is 18.6 Å². The van der Waals surface area contributed by atoms with Crippen LogP contribution < -0.4 is 5.32 Å². The summed E-state index contributed by atoms with van der Waals surface area (Å²) in [4.78, 5) is 27.6. The largest absolute Gasteiger partial charge is 0.478 e. The Labute approximate surface area is 150 Å². The van der Waals surface area contributed by atoms with E-state index in [-0.39, 0.29) is 21.0 Å². The molecule has 0 fully saturated rings. The van der Waals surface area contributed by atoms with E-state index < -0.39 is 23.5 Å². The SMILES string of the molecule is Cc1nc(-c2c(F)cccc2F)sc1C(=O)Nc1ccc(C(=O)O)cc1. The zero-order valence-electron chi connectivity index (χ0n) is 13.4. The Morgan fingerprint density at radius 2 is 1.69 bits per heavy atom. The lowest BCUT2D eigenvalue weighted by molar-refractivity contribution is 0.0696. The van der Waals surface area contributed by atoms with E-state index in [9.17, 15) is 18.4 Å². The lowest BCUT2D eigenvalue weighted by atomic mass is 10.2. The number of carboxylic acids is 1. The third kappa shape index (κ3) is 3.45. The molecule has 0 bridgehead atoms. The van der Waals surface area contributed by atoms with Crippen molar-refractivity contribution in [2.75, 3.05) is 5.32 Å². The van der Waals surface area contributed by atoms with Crippen LogP contribution in [-0.2, 0) is 0 Å². The first kappa shape index (κ1) is 17.7. The maximum absolute atomic E-state index is 13.9.